The number of imide groups is 1. The molecule has 1 aliphatic heterocycles. The topological polar surface area (TPSA) is 67.9 Å². The lowest BCUT2D eigenvalue weighted by Crippen LogP contribution is -2.44. The second kappa shape index (κ2) is 8.55. The smallest absolute Gasteiger partial charge is 0.325 e. The maximum absolute atomic E-state index is 12.9. The Morgan fingerprint density at radius 3 is 2.28 bits per heavy atom. The number of rotatable bonds is 8. The van der Waals surface area contributed by atoms with Crippen LogP contribution in [0.4, 0.5) is 4.79 Å². The highest BCUT2D eigenvalue weighted by atomic mass is 16.5. The zero-order chi connectivity index (χ0) is 21.0. The Hall–Kier alpha value is -3.02. The van der Waals surface area contributed by atoms with Gasteiger partial charge in [-0.15, -0.1) is 0 Å². The first kappa shape index (κ1) is 20.7. The molecular weight excluding hydrogens is 368 g/mol. The molecule has 0 bridgehead atoms. The van der Waals surface area contributed by atoms with E-state index in [9.17, 15) is 9.59 Å². The molecule has 0 saturated carbocycles. The number of carbonyl (C=O) groups is 2. The number of ether oxygens (including phenoxy) is 2. The number of carbonyl (C=O) groups excluding carboxylic acids is 2. The fourth-order valence-electron chi connectivity index (χ4n) is 3.58. The van der Waals surface area contributed by atoms with E-state index in [2.05, 4.69) is 11.4 Å². The van der Waals surface area contributed by atoms with E-state index in [0.717, 1.165) is 28.2 Å². The van der Waals surface area contributed by atoms with E-state index < -0.39 is 5.54 Å². The van der Waals surface area contributed by atoms with Gasteiger partial charge in [-0.25, -0.2) is 4.79 Å². The molecule has 1 N–H and O–H groups in total. The van der Waals surface area contributed by atoms with Crippen LogP contribution in [-0.2, 0) is 11.2 Å². The number of hydrogen-bond donors (Lipinski definition) is 1. The van der Waals surface area contributed by atoms with E-state index in [-0.39, 0.29) is 25.1 Å². The third kappa shape index (κ3) is 4.88. The molecule has 0 aliphatic carbocycles. The van der Waals surface area contributed by atoms with Gasteiger partial charge in [0, 0.05) is 0 Å². The lowest BCUT2D eigenvalue weighted by molar-refractivity contribution is -0.131. The third-order valence-electron chi connectivity index (χ3n) is 5.20. The molecule has 2 aromatic rings. The van der Waals surface area contributed by atoms with Crippen molar-refractivity contribution in [3.8, 4) is 11.5 Å². The molecule has 3 rings (SSSR count). The van der Waals surface area contributed by atoms with Crippen LogP contribution < -0.4 is 14.8 Å². The van der Waals surface area contributed by atoms with Crippen molar-refractivity contribution in [1.82, 2.24) is 10.2 Å². The molecule has 6 nitrogen and oxygen atoms in total. The SMILES string of the molecule is COc1ccc(CC[C@@]2(C)NC(=O)N(CCOc3cc(C)cc(C)c3)C2=O)cc1. The Morgan fingerprint density at radius 2 is 1.66 bits per heavy atom. The maximum atomic E-state index is 12.9. The summed E-state index contributed by atoms with van der Waals surface area (Å²) in [5.74, 6) is 1.33. The number of benzene rings is 2. The summed E-state index contributed by atoms with van der Waals surface area (Å²) in [4.78, 5) is 26.5. The molecule has 1 saturated heterocycles. The molecule has 154 valence electrons. The summed E-state index contributed by atoms with van der Waals surface area (Å²) in [5, 5.41) is 2.85. The minimum Gasteiger partial charge on any atom is -0.497 e. The first-order chi connectivity index (χ1) is 13.8. The minimum atomic E-state index is -0.906. The van der Waals surface area contributed by atoms with Crippen LogP contribution >= 0.6 is 0 Å². The molecule has 1 fully saturated rings. The van der Waals surface area contributed by atoms with Gasteiger partial charge in [0.2, 0.25) is 0 Å². The lowest BCUT2D eigenvalue weighted by atomic mass is 9.93. The van der Waals surface area contributed by atoms with Crippen LogP contribution in [0.5, 0.6) is 11.5 Å². The van der Waals surface area contributed by atoms with Crippen molar-refractivity contribution in [2.45, 2.75) is 39.2 Å². The second-order valence-corrected chi connectivity index (χ2v) is 7.74. The van der Waals surface area contributed by atoms with Gasteiger partial charge < -0.3 is 14.8 Å². The van der Waals surface area contributed by atoms with E-state index in [1.165, 1.54) is 4.90 Å². The van der Waals surface area contributed by atoms with Gasteiger partial charge >= 0.3 is 6.03 Å². The van der Waals surface area contributed by atoms with Crippen LogP contribution in [0.1, 0.15) is 30.0 Å². The van der Waals surface area contributed by atoms with Crippen molar-refractivity contribution in [2.75, 3.05) is 20.3 Å². The van der Waals surface area contributed by atoms with Crippen LogP contribution in [0.25, 0.3) is 0 Å². The summed E-state index contributed by atoms with van der Waals surface area (Å²) >= 11 is 0. The monoisotopic (exact) mass is 396 g/mol. The largest absolute Gasteiger partial charge is 0.497 e. The lowest BCUT2D eigenvalue weighted by Gasteiger charge is -2.21. The number of amides is 3. The van der Waals surface area contributed by atoms with E-state index >= 15 is 0 Å². The molecule has 1 atom stereocenters. The molecule has 0 unspecified atom stereocenters. The molecule has 29 heavy (non-hydrogen) atoms. The third-order valence-corrected chi connectivity index (χ3v) is 5.20. The van der Waals surface area contributed by atoms with Gasteiger partial charge in [0.15, 0.2) is 0 Å². The quantitative estimate of drug-likeness (QED) is 0.692. The molecular formula is C23H28N2O4. The minimum absolute atomic E-state index is 0.208. The Labute approximate surface area is 171 Å². The summed E-state index contributed by atoms with van der Waals surface area (Å²) in [6.45, 7) is 6.27. The van der Waals surface area contributed by atoms with Crippen molar-refractivity contribution in [3.63, 3.8) is 0 Å². The molecule has 2 aromatic carbocycles. The standard InChI is InChI=1S/C23H28N2O4/c1-16-13-17(2)15-20(14-16)29-12-11-25-21(26)23(3,24-22(25)27)10-9-18-5-7-19(28-4)8-6-18/h5-8,13-15H,9-12H2,1-4H3,(H,24,27)/t23-/m1/s1. The van der Waals surface area contributed by atoms with Crippen molar-refractivity contribution >= 4 is 11.9 Å². The van der Waals surface area contributed by atoms with Crippen molar-refractivity contribution in [3.05, 3.63) is 59.2 Å². The van der Waals surface area contributed by atoms with Gasteiger partial charge in [0.25, 0.3) is 5.91 Å². The van der Waals surface area contributed by atoms with Crippen molar-refractivity contribution in [2.24, 2.45) is 0 Å². The Morgan fingerprint density at radius 1 is 1.00 bits per heavy atom. The van der Waals surface area contributed by atoms with Crippen LogP contribution in [-0.4, -0.2) is 42.6 Å². The van der Waals surface area contributed by atoms with E-state index in [0.29, 0.717) is 12.8 Å². The van der Waals surface area contributed by atoms with Gasteiger partial charge in [-0.05, 0) is 74.6 Å². The zero-order valence-electron chi connectivity index (χ0n) is 17.5. The Balaban J connectivity index is 1.56. The number of nitrogens with zero attached hydrogens (tertiary/aromatic N) is 1. The molecule has 1 aliphatic rings. The van der Waals surface area contributed by atoms with Gasteiger partial charge in [0.1, 0.15) is 23.6 Å². The van der Waals surface area contributed by atoms with Crippen LogP contribution in [0.2, 0.25) is 0 Å². The fraction of sp³-hybridized carbons (Fsp3) is 0.391. The van der Waals surface area contributed by atoms with E-state index in [1.54, 1.807) is 14.0 Å². The average Bonchev–Trinajstić information content (AvgIpc) is 2.89. The number of aryl methyl sites for hydroxylation is 3. The van der Waals surface area contributed by atoms with Gasteiger partial charge in [0.05, 0.1) is 13.7 Å². The van der Waals surface area contributed by atoms with Crippen molar-refractivity contribution < 1.29 is 19.1 Å². The van der Waals surface area contributed by atoms with Gasteiger partial charge in [-0.1, -0.05) is 18.2 Å². The van der Waals surface area contributed by atoms with E-state index in [1.807, 2.05) is 50.2 Å². The fourth-order valence-corrected chi connectivity index (χ4v) is 3.58. The second-order valence-electron chi connectivity index (χ2n) is 7.74. The van der Waals surface area contributed by atoms with Crippen LogP contribution in [0.3, 0.4) is 0 Å². The highest BCUT2D eigenvalue weighted by molar-refractivity contribution is 6.06. The van der Waals surface area contributed by atoms with Crippen molar-refractivity contribution in [1.29, 1.82) is 0 Å². The van der Waals surface area contributed by atoms with Crippen LogP contribution in [0.15, 0.2) is 42.5 Å². The summed E-state index contributed by atoms with van der Waals surface area (Å²) in [6, 6.07) is 13.3. The number of hydrogen-bond acceptors (Lipinski definition) is 4. The molecule has 0 spiro atoms. The first-order valence-electron chi connectivity index (χ1n) is 9.79. The zero-order valence-corrected chi connectivity index (χ0v) is 17.5. The number of methoxy groups -OCH3 is 1. The number of urea groups is 1. The summed E-state index contributed by atoms with van der Waals surface area (Å²) in [5.41, 5.74) is 2.41. The highest BCUT2D eigenvalue weighted by Crippen LogP contribution is 2.24. The summed E-state index contributed by atoms with van der Waals surface area (Å²) in [6.07, 6.45) is 1.21. The Kier molecular flexibility index (Phi) is 6.11. The highest BCUT2D eigenvalue weighted by Gasteiger charge is 2.47. The maximum Gasteiger partial charge on any atom is 0.325 e. The van der Waals surface area contributed by atoms with E-state index in [4.69, 9.17) is 9.47 Å². The Bertz CT molecular complexity index is 874. The summed E-state index contributed by atoms with van der Waals surface area (Å²) < 4.78 is 10.9. The van der Waals surface area contributed by atoms with Gasteiger partial charge in [-0.3, -0.25) is 9.69 Å². The van der Waals surface area contributed by atoms with Gasteiger partial charge in [-0.2, -0.15) is 0 Å². The predicted octanol–water partition coefficient (Wildman–Crippen LogP) is 3.63. The molecule has 0 radical (unpaired) electrons. The summed E-state index contributed by atoms with van der Waals surface area (Å²) in [7, 11) is 1.63. The molecule has 3 amide bonds. The van der Waals surface area contributed by atoms with Crippen LogP contribution in [0, 0.1) is 13.8 Å². The molecule has 6 heteroatoms. The average molecular weight is 396 g/mol. The first-order valence-corrected chi connectivity index (χ1v) is 9.79. The molecule has 0 aromatic heterocycles. The predicted molar refractivity (Wildman–Crippen MR) is 111 cm³/mol. The molecule has 1 heterocycles. The number of nitrogens with one attached hydrogen (secondary N) is 1. The normalized spacial score (nSPS) is 18.7.